The lowest BCUT2D eigenvalue weighted by Crippen LogP contribution is -2.29. The minimum atomic E-state index is -0.171. The lowest BCUT2D eigenvalue weighted by molar-refractivity contribution is 0.537. The first kappa shape index (κ1) is 15.0. The Morgan fingerprint density at radius 1 is 1.28 bits per heavy atom. The van der Waals surface area contributed by atoms with Crippen LogP contribution in [0.25, 0.3) is 0 Å². The Morgan fingerprint density at radius 3 is 2.39 bits per heavy atom. The Labute approximate surface area is 110 Å². The fourth-order valence-corrected chi connectivity index (χ4v) is 1.97. The Bertz CT molecular complexity index is 377. The van der Waals surface area contributed by atoms with E-state index in [9.17, 15) is 4.39 Å². The second-order valence-electron chi connectivity index (χ2n) is 5.05. The minimum Gasteiger partial charge on any atom is -0.369 e. The summed E-state index contributed by atoms with van der Waals surface area (Å²) in [5.74, 6) is 0.396. The first-order valence-corrected chi connectivity index (χ1v) is 6.79. The van der Waals surface area contributed by atoms with E-state index in [2.05, 4.69) is 25.7 Å². The fourth-order valence-electron chi connectivity index (χ4n) is 1.97. The predicted molar refractivity (Wildman–Crippen MR) is 76.3 cm³/mol. The molecule has 0 aliphatic rings. The molecule has 0 radical (unpaired) electrons. The molecule has 0 aromatic heterocycles. The van der Waals surface area contributed by atoms with Crippen molar-refractivity contribution in [2.45, 2.75) is 40.2 Å². The summed E-state index contributed by atoms with van der Waals surface area (Å²) < 4.78 is 14.1. The van der Waals surface area contributed by atoms with Gasteiger partial charge in [0.05, 0.1) is 5.69 Å². The molecule has 2 N–H and O–H groups in total. The summed E-state index contributed by atoms with van der Waals surface area (Å²) >= 11 is 0. The van der Waals surface area contributed by atoms with Crippen LogP contribution < -0.4 is 10.6 Å². The quantitative estimate of drug-likeness (QED) is 0.836. The molecule has 0 bridgehead atoms. The van der Waals surface area contributed by atoms with Crippen LogP contribution in [-0.4, -0.2) is 13.1 Å². The third-order valence-corrected chi connectivity index (χ3v) is 3.45. The largest absolute Gasteiger partial charge is 0.369 e. The maximum atomic E-state index is 14.1. The lowest BCUT2D eigenvalue weighted by atomic mass is 10.1. The fraction of sp³-hybridized carbons (Fsp3) is 0.600. The van der Waals surface area contributed by atoms with Crippen LogP contribution in [0.4, 0.5) is 10.1 Å². The van der Waals surface area contributed by atoms with E-state index in [1.807, 2.05) is 19.1 Å². The Hall–Kier alpha value is -1.09. The van der Waals surface area contributed by atoms with Crippen molar-refractivity contribution >= 4 is 5.69 Å². The van der Waals surface area contributed by atoms with Crippen molar-refractivity contribution in [3.63, 3.8) is 0 Å². The SMILES string of the molecule is CCC(C)CN(CC)c1ccc([C@H](C)N)cc1F. The molecule has 0 spiro atoms. The molecule has 0 aliphatic carbocycles. The van der Waals surface area contributed by atoms with Crippen molar-refractivity contribution in [1.29, 1.82) is 0 Å². The van der Waals surface area contributed by atoms with E-state index in [4.69, 9.17) is 5.73 Å². The van der Waals surface area contributed by atoms with Gasteiger partial charge >= 0.3 is 0 Å². The van der Waals surface area contributed by atoms with Gasteiger partial charge in [0.25, 0.3) is 0 Å². The van der Waals surface area contributed by atoms with Gasteiger partial charge in [0.2, 0.25) is 0 Å². The summed E-state index contributed by atoms with van der Waals surface area (Å²) in [4.78, 5) is 2.09. The first-order valence-electron chi connectivity index (χ1n) is 6.79. The van der Waals surface area contributed by atoms with Gasteiger partial charge < -0.3 is 10.6 Å². The molecule has 1 aromatic rings. The van der Waals surface area contributed by atoms with Crippen LogP contribution in [-0.2, 0) is 0 Å². The van der Waals surface area contributed by atoms with E-state index < -0.39 is 0 Å². The van der Waals surface area contributed by atoms with Gasteiger partial charge in [-0.1, -0.05) is 26.3 Å². The zero-order valence-corrected chi connectivity index (χ0v) is 11.9. The van der Waals surface area contributed by atoms with Crippen molar-refractivity contribution in [3.05, 3.63) is 29.6 Å². The van der Waals surface area contributed by atoms with Gasteiger partial charge in [0, 0.05) is 19.1 Å². The predicted octanol–water partition coefficient (Wildman–Crippen LogP) is 3.72. The third-order valence-electron chi connectivity index (χ3n) is 3.45. The number of nitrogens with two attached hydrogens (primary N) is 1. The molecule has 3 heteroatoms. The van der Waals surface area contributed by atoms with Gasteiger partial charge in [0.15, 0.2) is 0 Å². The number of halogens is 1. The number of anilines is 1. The Balaban J connectivity index is 2.93. The summed E-state index contributed by atoms with van der Waals surface area (Å²) in [6.45, 7) is 9.98. The molecule has 0 aliphatic heterocycles. The average Bonchev–Trinajstić information content (AvgIpc) is 2.35. The van der Waals surface area contributed by atoms with Gasteiger partial charge in [-0.2, -0.15) is 0 Å². The average molecular weight is 252 g/mol. The number of nitrogens with zero attached hydrogens (tertiary/aromatic N) is 1. The molecule has 2 nitrogen and oxygen atoms in total. The highest BCUT2D eigenvalue weighted by molar-refractivity contribution is 5.49. The molecule has 1 unspecified atom stereocenters. The van der Waals surface area contributed by atoms with Gasteiger partial charge in [-0.05, 0) is 37.5 Å². The van der Waals surface area contributed by atoms with Crippen LogP contribution in [0.1, 0.15) is 45.7 Å². The van der Waals surface area contributed by atoms with Crippen molar-refractivity contribution in [3.8, 4) is 0 Å². The monoisotopic (exact) mass is 252 g/mol. The molecule has 0 saturated heterocycles. The van der Waals surface area contributed by atoms with Gasteiger partial charge in [0.1, 0.15) is 5.82 Å². The highest BCUT2D eigenvalue weighted by Gasteiger charge is 2.13. The van der Waals surface area contributed by atoms with Crippen LogP contribution in [0.2, 0.25) is 0 Å². The lowest BCUT2D eigenvalue weighted by Gasteiger charge is -2.27. The van der Waals surface area contributed by atoms with E-state index in [0.717, 1.165) is 25.1 Å². The maximum absolute atomic E-state index is 14.1. The topological polar surface area (TPSA) is 29.3 Å². The molecule has 0 saturated carbocycles. The molecule has 0 amide bonds. The smallest absolute Gasteiger partial charge is 0.146 e. The Morgan fingerprint density at radius 2 is 1.94 bits per heavy atom. The van der Waals surface area contributed by atoms with Crippen molar-refractivity contribution in [1.82, 2.24) is 0 Å². The van der Waals surface area contributed by atoms with Gasteiger partial charge in [-0.25, -0.2) is 4.39 Å². The zero-order valence-electron chi connectivity index (χ0n) is 11.9. The normalized spacial score (nSPS) is 14.3. The van der Waals surface area contributed by atoms with E-state index in [0.29, 0.717) is 11.6 Å². The molecule has 1 rings (SSSR count). The number of hydrogen-bond acceptors (Lipinski definition) is 2. The summed E-state index contributed by atoms with van der Waals surface area (Å²) in [5, 5.41) is 0. The molecule has 0 heterocycles. The van der Waals surface area contributed by atoms with Crippen LogP contribution in [0.3, 0.4) is 0 Å². The first-order chi connectivity index (χ1) is 8.49. The van der Waals surface area contributed by atoms with Crippen LogP contribution in [0.5, 0.6) is 0 Å². The van der Waals surface area contributed by atoms with E-state index in [-0.39, 0.29) is 11.9 Å². The minimum absolute atomic E-state index is 0.127. The second kappa shape index (κ2) is 6.74. The Kier molecular flexibility index (Phi) is 5.60. The molecule has 102 valence electrons. The molecule has 2 atom stereocenters. The molecule has 1 aromatic carbocycles. The van der Waals surface area contributed by atoms with E-state index in [1.54, 1.807) is 6.07 Å². The molecular formula is C15H25FN2. The van der Waals surface area contributed by atoms with Crippen LogP contribution >= 0.6 is 0 Å². The van der Waals surface area contributed by atoms with E-state index in [1.165, 1.54) is 0 Å². The molecule has 18 heavy (non-hydrogen) atoms. The van der Waals surface area contributed by atoms with Crippen molar-refractivity contribution in [2.75, 3.05) is 18.0 Å². The molecular weight excluding hydrogens is 227 g/mol. The molecule has 0 fully saturated rings. The standard InChI is InChI=1S/C15H25FN2/c1-5-11(3)10-18(6-2)15-8-7-13(12(4)17)9-14(15)16/h7-9,11-12H,5-6,10,17H2,1-4H3/t11?,12-/m0/s1. The summed E-state index contributed by atoms with van der Waals surface area (Å²) in [7, 11) is 0. The van der Waals surface area contributed by atoms with Crippen molar-refractivity contribution < 1.29 is 4.39 Å². The van der Waals surface area contributed by atoms with Gasteiger partial charge in [-0.15, -0.1) is 0 Å². The third kappa shape index (κ3) is 3.70. The summed E-state index contributed by atoms with van der Waals surface area (Å²) in [6, 6.07) is 5.19. The summed E-state index contributed by atoms with van der Waals surface area (Å²) in [6.07, 6.45) is 1.11. The maximum Gasteiger partial charge on any atom is 0.146 e. The number of benzene rings is 1. The van der Waals surface area contributed by atoms with Crippen LogP contribution in [0.15, 0.2) is 18.2 Å². The highest BCUT2D eigenvalue weighted by atomic mass is 19.1. The second-order valence-corrected chi connectivity index (χ2v) is 5.05. The van der Waals surface area contributed by atoms with E-state index >= 15 is 0 Å². The zero-order chi connectivity index (χ0) is 13.7. The summed E-state index contributed by atoms with van der Waals surface area (Å²) in [5.41, 5.74) is 7.29. The van der Waals surface area contributed by atoms with Crippen LogP contribution in [0, 0.1) is 11.7 Å². The number of hydrogen-bond donors (Lipinski definition) is 1. The van der Waals surface area contributed by atoms with Crippen molar-refractivity contribution in [2.24, 2.45) is 11.7 Å². The highest BCUT2D eigenvalue weighted by Crippen LogP contribution is 2.23. The number of rotatable bonds is 6. The van der Waals surface area contributed by atoms with Gasteiger partial charge in [-0.3, -0.25) is 0 Å².